The predicted octanol–water partition coefficient (Wildman–Crippen LogP) is 4.44. The predicted molar refractivity (Wildman–Crippen MR) is 90.8 cm³/mol. The Bertz CT molecular complexity index is 695. The molecule has 0 radical (unpaired) electrons. The molecule has 134 valence electrons. The van der Waals surface area contributed by atoms with Gasteiger partial charge < -0.3 is 5.11 Å². The molecule has 25 heavy (non-hydrogen) atoms. The highest BCUT2D eigenvalue weighted by atomic mass is 19.4. The Labute approximate surface area is 145 Å². The molecule has 1 aliphatic heterocycles. The minimum absolute atomic E-state index is 0.00653. The van der Waals surface area contributed by atoms with Crippen LogP contribution in [0.2, 0.25) is 0 Å². The topological polar surface area (TPSA) is 23.5 Å². The molecule has 1 fully saturated rings. The van der Waals surface area contributed by atoms with Crippen molar-refractivity contribution in [3.63, 3.8) is 0 Å². The lowest BCUT2D eigenvalue weighted by Crippen LogP contribution is -2.34. The number of benzene rings is 2. The SMILES string of the molecule is C[C@@](O)(c1ccc(C(F)(F)F)cc1)[C@@H]1CCN(Cc2ccccc2)C1. The van der Waals surface area contributed by atoms with Crippen molar-refractivity contribution in [1.82, 2.24) is 4.90 Å². The van der Waals surface area contributed by atoms with E-state index < -0.39 is 17.3 Å². The van der Waals surface area contributed by atoms with Gasteiger partial charge in [0.15, 0.2) is 0 Å². The van der Waals surface area contributed by atoms with Crippen molar-refractivity contribution in [1.29, 1.82) is 0 Å². The van der Waals surface area contributed by atoms with Crippen LogP contribution in [-0.2, 0) is 18.3 Å². The molecule has 0 saturated carbocycles. The molecule has 2 atom stereocenters. The van der Waals surface area contributed by atoms with E-state index in [0.717, 1.165) is 38.2 Å². The molecule has 2 aromatic rings. The molecule has 3 rings (SSSR count). The Morgan fingerprint density at radius 3 is 2.20 bits per heavy atom. The van der Waals surface area contributed by atoms with E-state index in [1.807, 2.05) is 18.2 Å². The summed E-state index contributed by atoms with van der Waals surface area (Å²) in [6.07, 6.45) is -3.54. The second-order valence-electron chi connectivity index (χ2n) is 6.93. The summed E-state index contributed by atoms with van der Waals surface area (Å²) >= 11 is 0. The summed E-state index contributed by atoms with van der Waals surface area (Å²) in [4.78, 5) is 2.28. The summed E-state index contributed by atoms with van der Waals surface area (Å²) < 4.78 is 38.1. The van der Waals surface area contributed by atoms with Gasteiger partial charge in [0, 0.05) is 19.0 Å². The fourth-order valence-corrected chi connectivity index (χ4v) is 3.51. The fourth-order valence-electron chi connectivity index (χ4n) is 3.51. The maximum absolute atomic E-state index is 12.7. The van der Waals surface area contributed by atoms with Crippen LogP contribution >= 0.6 is 0 Å². The third-order valence-corrected chi connectivity index (χ3v) is 5.11. The lowest BCUT2D eigenvalue weighted by atomic mass is 9.82. The first-order chi connectivity index (χ1) is 11.8. The highest BCUT2D eigenvalue weighted by Gasteiger charge is 2.39. The van der Waals surface area contributed by atoms with E-state index in [2.05, 4.69) is 17.0 Å². The van der Waals surface area contributed by atoms with Crippen LogP contribution < -0.4 is 0 Å². The van der Waals surface area contributed by atoms with E-state index in [1.165, 1.54) is 17.7 Å². The van der Waals surface area contributed by atoms with Crippen LogP contribution in [0.5, 0.6) is 0 Å². The molecule has 2 aromatic carbocycles. The minimum atomic E-state index is -4.36. The average molecular weight is 349 g/mol. The third-order valence-electron chi connectivity index (χ3n) is 5.11. The first-order valence-corrected chi connectivity index (χ1v) is 8.43. The summed E-state index contributed by atoms with van der Waals surface area (Å²) in [6, 6.07) is 15.0. The van der Waals surface area contributed by atoms with Gasteiger partial charge in [-0.2, -0.15) is 13.2 Å². The molecule has 1 saturated heterocycles. The van der Waals surface area contributed by atoms with Gasteiger partial charge in [0.1, 0.15) is 0 Å². The van der Waals surface area contributed by atoms with Gasteiger partial charge in [0.05, 0.1) is 11.2 Å². The van der Waals surface area contributed by atoms with Gasteiger partial charge in [0.2, 0.25) is 0 Å². The summed E-state index contributed by atoms with van der Waals surface area (Å²) in [6.45, 7) is 4.12. The van der Waals surface area contributed by atoms with E-state index in [1.54, 1.807) is 6.92 Å². The first-order valence-electron chi connectivity index (χ1n) is 8.43. The zero-order valence-electron chi connectivity index (χ0n) is 14.1. The lowest BCUT2D eigenvalue weighted by Gasteiger charge is -2.31. The molecule has 1 N–H and O–H groups in total. The Morgan fingerprint density at radius 1 is 1.00 bits per heavy atom. The van der Waals surface area contributed by atoms with Gasteiger partial charge in [-0.1, -0.05) is 42.5 Å². The Morgan fingerprint density at radius 2 is 1.60 bits per heavy atom. The normalized spacial score (nSPS) is 21.2. The maximum Gasteiger partial charge on any atom is 0.416 e. The Balaban J connectivity index is 1.68. The Kier molecular flexibility index (Phi) is 4.89. The van der Waals surface area contributed by atoms with E-state index in [-0.39, 0.29) is 5.92 Å². The second kappa shape index (κ2) is 6.81. The van der Waals surface area contributed by atoms with Crippen LogP contribution in [0.25, 0.3) is 0 Å². The van der Waals surface area contributed by atoms with Crippen LogP contribution in [-0.4, -0.2) is 23.1 Å². The quantitative estimate of drug-likeness (QED) is 0.882. The molecule has 2 nitrogen and oxygen atoms in total. The number of halogens is 3. The van der Waals surface area contributed by atoms with E-state index in [9.17, 15) is 18.3 Å². The number of rotatable bonds is 4. The van der Waals surface area contributed by atoms with Gasteiger partial charge in [-0.25, -0.2) is 0 Å². The fraction of sp³-hybridized carbons (Fsp3) is 0.400. The number of likely N-dealkylation sites (tertiary alicyclic amines) is 1. The standard InChI is InChI=1S/C20H22F3NO/c1-19(25,16-7-9-17(10-8-16)20(21,22)23)18-11-12-24(14-18)13-15-5-3-2-4-6-15/h2-10,18,25H,11-14H2,1H3/t18-,19-/m1/s1. The number of nitrogens with zero attached hydrogens (tertiary/aromatic N) is 1. The van der Waals surface area contributed by atoms with Crippen LogP contribution in [0.3, 0.4) is 0 Å². The highest BCUT2D eigenvalue weighted by Crippen LogP contribution is 2.37. The molecular weight excluding hydrogens is 327 g/mol. The molecule has 0 bridgehead atoms. The molecule has 0 aliphatic carbocycles. The van der Waals surface area contributed by atoms with Crippen molar-refractivity contribution in [3.8, 4) is 0 Å². The molecule has 5 heteroatoms. The smallest absolute Gasteiger partial charge is 0.385 e. The number of hydrogen-bond acceptors (Lipinski definition) is 2. The summed E-state index contributed by atoms with van der Waals surface area (Å²) in [5, 5.41) is 11.0. The molecule has 0 amide bonds. The molecule has 0 spiro atoms. The van der Waals surface area contributed by atoms with Crippen molar-refractivity contribution in [3.05, 3.63) is 71.3 Å². The highest BCUT2D eigenvalue weighted by molar-refractivity contribution is 5.29. The summed E-state index contributed by atoms with van der Waals surface area (Å²) in [5.41, 5.74) is -0.0798. The molecule has 0 aromatic heterocycles. The van der Waals surface area contributed by atoms with Gasteiger partial charge >= 0.3 is 6.18 Å². The molecule has 1 aliphatic rings. The first kappa shape index (κ1) is 18.0. The largest absolute Gasteiger partial charge is 0.416 e. The van der Waals surface area contributed by atoms with Crippen molar-refractivity contribution in [2.45, 2.75) is 31.7 Å². The summed E-state index contributed by atoms with van der Waals surface area (Å²) in [5.74, 6) is -0.00653. The van der Waals surface area contributed by atoms with E-state index in [4.69, 9.17) is 0 Å². The van der Waals surface area contributed by atoms with Crippen LogP contribution in [0.4, 0.5) is 13.2 Å². The van der Waals surface area contributed by atoms with E-state index in [0.29, 0.717) is 5.56 Å². The minimum Gasteiger partial charge on any atom is -0.385 e. The average Bonchev–Trinajstić information content (AvgIpc) is 3.04. The molecule has 1 heterocycles. The summed E-state index contributed by atoms with van der Waals surface area (Å²) in [7, 11) is 0. The van der Waals surface area contributed by atoms with Crippen molar-refractivity contribution in [2.24, 2.45) is 5.92 Å². The Hall–Kier alpha value is -1.85. The van der Waals surface area contributed by atoms with Crippen molar-refractivity contribution >= 4 is 0 Å². The van der Waals surface area contributed by atoms with Crippen molar-refractivity contribution < 1.29 is 18.3 Å². The maximum atomic E-state index is 12.7. The molecule has 0 unspecified atom stereocenters. The van der Waals surface area contributed by atoms with Crippen LogP contribution in [0.1, 0.15) is 30.0 Å². The zero-order valence-corrected chi connectivity index (χ0v) is 14.1. The number of alkyl halides is 3. The van der Waals surface area contributed by atoms with Gasteiger partial charge in [-0.05, 0) is 43.1 Å². The monoisotopic (exact) mass is 349 g/mol. The zero-order chi connectivity index (χ0) is 18.1. The van der Waals surface area contributed by atoms with Crippen LogP contribution in [0.15, 0.2) is 54.6 Å². The van der Waals surface area contributed by atoms with Crippen molar-refractivity contribution in [2.75, 3.05) is 13.1 Å². The number of aliphatic hydroxyl groups is 1. The lowest BCUT2D eigenvalue weighted by molar-refractivity contribution is -0.137. The van der Waals surface area contributed by atoms with Gasteiger partial charge in [-0.15, -0.1) is 0 Å². The van der Waals surface area contributed by atoms with Gasteiger partial charge in [0.25, 0.3) is 0 Å². The second-order valence-corrected chi connectivity index (χ2v) is 6.93. The van der Waals surface area contributed by atoms with Crippen LogP contribution in [0, 0.1) is 5.92 Å². The number of hydrogen-bond donors (Lipinski definition) is 1. The van der Waals surface area contributed by atoms with Gasteiger partial charge in [-0.3, -0.25) is 4.90 Å². The molecular formula is C20H22F3NO. The van der Waals surface area contributed by atoms with E-state index >= 15 is 0 Å². The third kappa shape index (κ3) is 4.05.